The van der Waals surface area contributed by atoms with Gasteiger partial charge in [0.25, 0.3) is 5.91 Å². The maximum atomic E-state index is 12.5. The van der Waals surface area contributed by atoms with Gasteiger partial charge in [-0.15, -0.1) is 0 Å². The zero-order valence-electron chi connectivity index (χ0n) is 11.6. The van der Waals surface area contributed by atoms with E-state index in [9.17, 15) is 9.59 Å². The number of rotatable bonds is 3. The lowest BCUT2D eigenvalue weighted by Gasteiger charge is -2.23. The number of carbonyl (C=O) groups is 2. The first-order chi connectivity index (χ1) is 8.90. The van der Waals surface area contributed by atoms with Gasteiger partial charge in [0, 0.05) is 6.04 Å². The van der Waals surface area contributed by atoms with E-state index in [4.69, 9.17) is 4.74 Å². The molecule has 0 aromatic heterocycles. The number of hydrogen-bond acceptors (Lipinski definition) is 3. The highest BCUT2D eigenvalue weighted by Crippen LogP contribution is 2.31. The fourth-order valence-electron chi connectivity index (χ4n) is 2.26. The van der Waals surface area contributed by atoms with Crippen LogP contribution in [0.2, 0.25) is 0 Å². The molecule has 0 spiro atoms. The Bertz CT molecular complexity index is 527. The first-order valence-electron chi connectivity index (χ1n) is 6.20. The third-order valence-electron chi connectivity index (χ3n) is 3.39. The largest absolute Gasteiger partial charge is 0.497 e. The lowest BCUT2D eigenvalue weighted by Crippen LogP contribution is -2.42. The van der Waals surface area contributed by atoms with E-state index in [0.29, 0.717) is 11.3 Å². The topological polar surface area (TPSA) is 58.6 Å². The number of imide groups is 1. The van der Waals surface area contributed by atoms with Crippen molar-refractivity contribution < 1.29 is 14.3 Å². The predicted molar refractivity (Wildman–Crippen MR) is 70.9 cm³/mol. The Balaban J connectivity index is 2.43. The molecular formula is C14H18N2O3. The van der Waals surface area contributed by atoms with E-state index in [-0.39, 0.29) is 18.0 Å². The Morgan fingerprint density at radius 2 is 2.00 bits per heavy atom. The van der Waals surface area contributed by atoms with Crippen LogP contribution in [0, 0.1) is 0 Å². The standard InChI is InChI=1S/C14H18N2O3/c1-9(2)16-12(17)14(3,15-13(16)18)10-6-5-7-11(8-10)19-4/h5-9H,1-4H3,(H,15,18). The molecule has 1 aromatic carbocycles. The van der Waals surface area contributed by atoms with Crippen LogP contribution in [-0.2, 0) is 10.3 Å². The van der Waals surface area contributed by atoms with Gasteiger partial charge in [0.15, 0.2) is 0 Å². The highest BCUT2D eigenvalue weighted by atomic mass is 16.5. The molecule has 1 unspecified atom stereocenters. The molecule has 0 saturated carbocycles. The van der Waals surface area contributed by atoms with Crippen LogP contribution in [0.3, 0.4) is 0 Å². The van der Waals surface area contributed by atoms with Crippen molar-refractivity contribution in [2.75, 3.05) is 7.11 Å². The minimum atomic E-state index is -1.03. The molecule has 1 aliphatic heterocycles. The maximum absolute atomic E-state index is 12.5. The molecule has 5 heteroatoms. The zero-order valence-corrected chi connectivity index (χ0v) is 11.6. The van der Waals surface area contributed by atoms with E-state index >= 15 is 0 Å². The van der Waals surface area contributed by atoms with E-state index in [1.54, 1.807) is 32.2 Å². The number of nitrogens with zero attached hydrogens (tertiary/aromatic N) is 1. The lowest BCUT2D eigenvalue weighted by atomic mass is 9.91. The highest BCUT2D eigenvalue weighted by Gasteiger charge is 2.49. The van der Waals surface area contributed by atoms with Gasteiger partial charge in [-0.05, 0) is 38.5 Å². The first kappa shape index (κ1) is 13.4. The van der Waals surface area contributed by atoms with E-state index in [1.807, 2.05) is 19.9 Å². The number of urea groups is 1. The minimum absolute atomic E-state index is 0.167. The molecule has 1 atom stereocenters. The molecule has 1 aliphatic rings. The second-order valence-corrected chi connectivity index (χ2v) is 5.06. The summed E-state index contributed by atoms with van der Waals surface area (Å²) in [4.78, 5) is 25.7. The van der Waals surface area contributed by atoms with Gasteiger partial charge in [-0.1, -0.05) is 12.1 Å². The van der Waals surface area contributed by atoms with Gasteiger partial charge in [-0.3, -0.25) is 9.69 Å². The van der Waals surface area contributed by atoms with E-state index in [0.717, 1.165) is 0 Å². The summed E-state index contributed by atoms with van der Waals surface area (Å²) in [6.07, 6.45) is 0. The normalized spacial score (nSPS) is 22.9. The fourth-order valence-corrected chi connectivity index (χ4v) is 2.26. The number of benzene rings is 1. The van der Waals surface area contributed by atoms with Crippen molar-refractivity contribution in [1.29, 1.82) is 0 Å². The molecule has 102 valence electrons. The smallest absolute Gasteiger partial charge is 0.325 e. The van der Waals surface area contributed by atoms with Crippen molar-refractivity contribution in [1.82, 2.24) is 10.2 Å². The first-order valence-corrected chi connectivity index (χ1v) is 6.20. The van der Waals surface area contributed by atoms with Crippen LogP contribution in [0.5, 0.6) is 5.75 Å². The second-order valence-electron chi connectivity index (χ2n) is 5.06. The van der Waals surface area contributed by atoms with E-state index in [2.05, 4.69) is 5.32 Å². The second kappa shape index (κ2) is 4.57. The minimum Gasteiger partial charge on any atom is -0.497 e. The van der Waals surface area contributed by atoms with Crippen molar-refractivity contribution in [3.8, 4) is 5.75 Å². The van der Waals surface area contributed by atoms with Gasteiger partial charge >= 0.3 is 6.03 Å². The molecule has 3 amide bonds. The molecule has 0 bridgehead atoms. The Kier molecular flexibility index (Phi) is 3.22. The van der Waals surface area contributed by atoms with Crippen LogP contribution >= 0.6 is 0 Å². The SMILES string of the molecule is COc1cccc(C2(C)NC(=O)N(C(C)C)C2=O)c1. The summed E-state index contributed by atoms with van der Waals surface area (Å²) >= 11 is 0. The van der Waals surface area contributed by atoms with E-state index < -0.39 is 5.54 Å². The quantitative estimate of drug-likeness (QED) is 0.846. The van der Waals surface area contributed by atoms with E-state index in [1.165, 1.54) is 4.90 Å². The number of ether oxygens (including phenoxy) is 1. The average Bonchev–Trinajstić information content (AvgIpc) is 2.61. The monoisotopic (exact) mass is 262 g/mol. The average molecular weight is 262 g/mol. The van der Waals surface area contributed by atoms with Crippen LogP contribution in [0.1, 0.15) is 26.3 Å². The van der Waals surface area contributed by atoms with Gasteiger partial charge in [0.05, 0.1) is 7.11 Å². The molecule has 1 fully saturated rings. The van der Waals surface area contributed by atoms with Gasteiger partial charge in [-0.25, -0.2) is 4.79 Å². The Morgan fingerprint density at radius 1 is 1.32 bits per heavy atom. The summed E-state index contributed by atoms with van der Waals surface area (Å²) in [7, 11) is 1.57. The summed E-state index contributed by atoms with van der Waals surface area (Å²) in [6, 6.07) is 6.66. The van der Waals surface area contributed by atoms with Gasteiger partial charge in [0.1, 0.15) is 11.3 Å². The Labute approximate surface area is 112 Å². The van der Waals surface area contributed by atoms with Crippen LogP contribution in [-0.4, -0.2) is 30.0 Å². The zero-order chi connectivity index (χ0) is 14.2. The Morgan fingerprint density at radius 3 is 2.53 bits per heavy atom. The summed E-state index contributed by atoms with van der Waals surface area (Å²) in [5, 5.41) is 2.76. The third kappa shape index (κ3) is 2.05. The maximum Gasteiger partial charge on any atom is 0.325 e. The van der Waals surface area contributed by atoms with Gasteiger partial charge in [-0.2, -0.15) is 0 Å². The number of amides is 3. The summed E-state index contributed by atoms with van der Waals surface area (Å²) < 4.78 is 5.16. The van der Waals surface area contributed by atoms with Crippen LogP contribution in [0.4, 0.5) is 4.79 Å². The van der Waals surface area contributed by atoms with Crippen LogP contribution < -0.4 is 10.1 Å². The summed E-state index contributed by atoms with van der Waals surface area (Å²) in [5.41, 5.74) is -0.316. The number of methoxy groups -OCH3 is 1. The van der Waals surface area contributed by atoms with Gasteiger partial charge < -0.3 is 10.1 Å². The molecule has 0 radical (unpaired) electrons. The third-order valence-corrected chi connectivity index (χ3v) is 3.39. The molecule has 19 heavy (non-hydrogen) atoms. The van der Waals surface area contributed by atoms with Crippen LogP contribution in [0.15, 0.2) is 24.3 Å². The lowest BCUT2D eigenvalue weighted by molar-refractivity contribution is -0.132. The van der Waals surface area contributed by atoms with Crippen molar-refractivity contribution >= 4 is 11.9 Å². The number of carbonyl (C=O) groups excluding carboxylic acids is 2. The molecule has 5 nitrogen and oxygen atoms in total. The highest BCUT2D eigenvalue weighted by molar-refractivity contribution is 6.07. The predicted octanol–water partition coefficient (Wildman–Crippen LogP) is 1.87. The van der Waals surface area contributed by atoms with Crippen LogP contribution in [0.25, 0.3) is 0 Å². The molecular weight excluding hydrogens is 244 g/mol. The molecule has 2 rings (SSSR count). The molecule has 1 N–H and O–H groups in total. The van der Waals surface area contributed by atoms with Gasteiger partial charge in [0.2, 0.25) is 0 Å². The van der Waals surface area contributed by atoms with Crippen molar-refractivity contribution in [2.24, 2.45) is 0 Å². The summed E-state index contributed by atoms with van der Waals surface area (Å²) in [6.45, 7) is 5.34. The summed E-state index contributed by atoms with van der Waals surface area (Å²) in [5.74, 6) is 0.421. The van der Waals surface area contributed by atoms with Crippen molar-refractivity contribution in [2.45, 2.75) is 32.4 Å². The van der Waals surface area contributed by atoms with Crippen molar-refractivity contribution in [3.05, 3.63) is 29.8 Å². The Hall–Kier alpha value is -2.04. The molecule has 1 aromatic rings. The number of hydrogen-bond donors (Lipinski definition) is 1. The molecule has 0 aliphatic carbocycles. The molecule has 1 saturated heterocycles. The number of nitrogens with one attached hydrogen (secondary N) is 1. The van der Waals surface area contributed by atoms with Crippen molar-refractivity contribution in [3.63, 3.8) is 0 Å². The fraction of sp³-hybridized carbons (Fsp3) is 0.429. The molecule has 1 heterocycles.